The first kappa shape index (κ1) is 19.1. The van der Waals surface area contributed by atoms with Gasteiger partial charge in [0.1, 0.15) is 11.9 Å². The molecular formula is C20H28O3. The van der Waals surface area contributed by atoms with E-state index in [4.69, 9.17) is 4.74 Å². The predicted octanol–water partition coefficient (Wildman–Crippen LogP) is 4.73. The highest BCUT2D eigenvalue weighted by Crippen LogP contribution is 2.21. The molecule has 1 aromatic carbocycles. The minimum Gasteiger partial charge on any atom is -0.460 e. The molecule has 0 spiro atoms. The number of hydrogen-bond donors (Lipinski definition) is 0. The van der Waals surface area contributed by atoms with Crippen LogP contribution in [0.5, 0.6) is 0 Å². The molecule has 0 unspecified atom stereocenters. The monoisotopic (exact) mass is 316 g/mol. The standard InChI is InChI=1S/C20H28O3/c1-5-6-7-8-16-9-11-17(12-10-16)18(13-14-21)15-19(22)23-20(2,3)4/h9-14H,5-8,15H2,1-4H3. The molecule has 0 N–H and O–H groups in total. The summed E-state index contributed by atoms with van der Waals surface area (Å²) < 4.78 is 5.33. The Morgan fingerprint density at radius 2 is 1.78 bits per heavy atom. The molecule has 0 saturated heterocycles. The van der Waals surface area contributed by atoms with Crippen molar-refractivity contribution >= 4 is 17.8 Å². The van der Waals surface area contributed by atoms with E-state index in [0.717, 1.165) is 18.3 Å². The van der Waals surface area contributed by atoms with Gasteiger partial charge in [-0.25, -0.2) is 0 Å². The molecule has 23 heavy (non-hydrogen) atoms. The lowest BCUT2D eigenvalue weighted by Gasteiger charge is -2.20. The molecule has 0 heterocycles. The van der Waals surface area contributed by atoms with Gasteiger partial charge in [-0.15, -0.1) is 0 Å². The second-order valence-corrected chi connectivity index (χ2v) is 6.75. The number of benzene rings is 1. The van der Waals surface area contributed by atoms with Gasteiger partial charge >= 0.3 is 5.97 Å². The predicted molar refractivity (Wildman–Crippen MR) is 94.2 cm³/mol. The van der Waals surface area contributed by atoms with Gasteiger partial charge < -0.3 is 4.74 Å². The Bertz CT molecular complexity index is 533. The first-order chi connectivity index (χ1) is 10.9. The van der Waals surface area contributed by atoms with Gasteiger partial charge in [0.2, 0.25) is 0 Å². The zero-order chi connectivity index (χ0) is 17.3. The van der Waals surface area contributed by atoms with E-state index in [1.165, 1.54) is 30.9 Å². The van der Waals surface area contributed by atoms with Crippen LogP contribution < -0.4 is 0 Å². The van der Waals surface area contributed by atoms with E-state index in [9.17, 15) is 9.59 Å². The van der Waals surface area contributed by atoms with Gasteiger partial charge in [0.25, 0.3) is 0 Å². The van der Waals surface area contributed by atoms with Crippen molar-refractivity contribution in [2.24, 2.45) is 0 Å². The van der Waals surface area contributed by atoms with E-state index < -0.39 is 5.60 Å². The Hall–Kier alpha value is -1.90. The Morgan fingerprint density at radius 1 is 1.13 bits per heavy atom. The number of carbonyl (C=O) groups is 2. The minimum atomic E-state index is -0.521. The molecule has 3 heteroatoms. The van der Waals surface area contributed by atoms with E-state index >= 15 is 0 Å². The van der Waals surface area contributed by atoms with Crippen molar-refractivity contribution < 1.29 is 14.3 Å². The van der Waals surface area contributed by atoms with E-state index in [-0.39, 0.29) is 12.4 Å². The lowest BCUT2D eigenvalue weighted by molar-refractivity contribution is -0.153. The molecule has 0 atom stereocenters. The van der Waals surface area contributed by atoms with Crippen molar-refractivity contribution in [2.75, 3.05) is 0 Å². The van der Waals surface area contributed by atoms with Crippen LogP contribution in [0.4, 0.5) is 0 Å². The summed E-state index contributed by atoms with van der Waals surface area (Å²) in [6.45, 7) is 7.69. The topological polar surface area (TPSA) is 43.4 Å². The minimum absolute atomic E-state index is 0.102. The van der Waals surface area contributed by atoms with Gasteiger partial charge in [0, 0.05) is 0 Å². The summed E-state index contributed by atoms with van der Waals surface area (Å²) in [6.07, 6.45) is 6.95. The van der Waals surface area contributed by atoms with Gasteiger partial charge in [-0.3, -0.25) is 9.59 Å². The van der Waals surface area contributed by atoms with Crippen LogP contribution in [0.25, 0.3) is 5.57 Å². The third-order valence-electron chi connectivity index (χ3n) is 3.42. The summed E-state index contributed by atoms with van der Waals surface area (Å²) in [4.78, 5) is 22.8. The Labute approximate surface area is 139 Å². The van der Waals surface area contributed by atoms with Gasteiger partial charge in [-0.2, -0.15) is 0 Å². The molecule has 3 nitrogen and oxygen atoms in total. The molecule has 0 radical (unpaired) electrons. The maximum atomic E-state index is 12.0. The number of rotatable bonds is 8. The van der Waals surface area contributed by atoms with E-state index in [1.54, 1.807) is 0 Å². The summed E-state index contributed by atoms with van der Waals surface area (Å²) in [5, 5.41) is 0. The molecule has 0 aliphatic heterocycles. The van der Waals surface area contributed by atoms with E-state index in [0.29, 0.717) is 5.57 Å². The Kier molecular flexibility index (Phi) is 7.73. The van der Waals surface area contributed by atoms with Crippen LogP contribution in [-0.2, 0) is 20.7 Å². The number of carbonyl (C=O) groups excluding carboxylic acids is 2. The highest BCUT2D eigenvalue weighted by Gasteiger charge is 2.18. The zero-order valence-electron chi connectivity index (χ0n) is 14.7. The fourth-order valence-electron chi connectivity index (χ4n) is 2.34. The second-order valence-electron chi connectivity index (χ2n) is 6.75. The normalized spacial score (nSPS) is 12.1. The first-order valence-electron chi connectivity index (χ1n) is 8.31. The van der Waals surface area contributed by atoms with Crippen molar-refractivity contribution in [1.82, 2.24) is 0 Å². The van der Waals surface area contributed by atoms with Crippen molar-refractivity contribution in [2.45, 2.75) is 65.4 Å². The summed E-state index contributed by atoms with van der Waals surface area (Å²) in [6, 6.07) is 8.08. The van der Waals surface area contributed by atoms with Crippen molar-refractivity contribution in [3.05, 3.63) is 41.5 Å². The average molecular weight is 316 g/mol. The Morgan fingerprint density at radius 3 is 2.30 bits per heavy atom. The molecule has 0 aromatic heterocycles. The smallest absolute Gasteiger partial charge is 0.310 e. The quantitative estimate of drug-likeness (QED) is 0.301. The number of hydrogen-bond acceptors (Lipinski definition) is 3. The number of esters is 1. The molecule has 0 saturated carbocycles. The van der Waals surface area contributed by atoms with Crippen molar-refractivity contribution in [1.29, 1.82) is 0 Å². The number of ether oxygens (including phenoxy) is 1. The highest BCUT2D eigenvalue weighted by atomic mass is 16.6. The van der Waals surface area contributed by atoms with Gasteiger partial charge in [0.05, 0.1) is 6.42 Å². The van der Waals surface area contributed by atoms with Crippen LogP contribution in [0.15, 0.2) is 30.3 Å². The number of aryl methyl sites for hydroxylation is 1. The fourth-order valence-corrected chi connectivity index (χ4v) is 2.34. The van der Waals surface area contributed by atoms with Crippen molar-refractivity contribution in [3.8, 4) is 0 Å². The third kappa shape index (κ3) is 7.78. The maximum absolute atomic E-state index is 12.0. The molecule has 0 aliphatic carbocycles. The number of aldehydes is 1. The van der Waals surface area contributed by atoms with Gasteiger partial charge in [-0.1, -0.05) is 44.0 Å². The largest absolute Gasteiger partial charge is 0.460 e. The molecule has 0 aliphatic rings. The molecule has 0 amide bonds. The number of allylic oxidation sites excluding steroid dienone is 1. The average Bonchev–Trinajstić information content (AvgIpc) is 2.46. The molecule has 126 valence electrons. The van der Waals surface area contributed by atoms with Gasteiger partial charge in [0.15, 0.2) is 0 Å². The van der Waals surface area contributed by atoms with Crippen LogP contribution in [0.3, 0.4) is 0 Å². The van der Waals surface area contributed by atoms with Crippen LogP contribution in [0, 0.1) is 0 Å². The van der Waals surface area contributed by atoms with Crippen LogP contribution in [0.2, 0.25) is 0 Å². The van der Waals surface area contributed by atoms with E-state index in [2.05, 4.69) is 19.1 Å². The van der Waals surface area contributed by atoms with E-state index in [1.807, 2.05) is 32.9 Å². The molecule has 0 bridgehead atoms. The molecular weight excluding hydrogens is 288 g/mol. The lowest BCUT2D eigenvalue weighted by Crippen LogP contribution is -2.23. The third-order valence-corrected chi connectivity index (χ3v) is 3.42. The SMILES string of the molecule is CCCCCc1ccc(C(=CC=O)CC(=O)OC(C)(C)C)cc1. The molecule has 1 rings (SSSR count). The van der Waals surface area contributed by atoms with Crippen LogP contribution in [-0.4, -0.2) is 17.9 Å². The number of unbranched alkanes of at least 4 members (excludes halogenated alkanes) is 2. The fraction of sp³-hybridized carbons (Fsp3) is 0.500. The van der Waals surface area contributed by atoms with Crippen LogP contribution >= 0.6 is 0 Å². The summed E-state index contributed by atoms with van der Waals surface area (Å²) in [7, 11) is 0. The second kappa shape index (κ2) is 9.29. The summed E-state index contributed by atoms with van der Waals surface area (Å²) in [5.74, 6) is -0.322. The maximum Gasteiger partial charge on any atom is 0.310 e. The molecule has 0 fully saturated rings. The first-order valence-corrected chi connectivity index (χ1v) is 8.31. The van der Waals surface area contributed by atoms with Crippen LogP contribution in [0.1, 0.15) is 64.5 Å². The summed E-state index contributed by atoms with van der Waals surface area (Å²) >= 11 is 0. The van der Waals surface area contributed by atoms with Crippen molar-refractivity contribution in [3.63, 3.8) is 0 Å². The Balaban J connectivity index is 2.76. The van der Waals surface area contributed by atoms with Gasteiger partial charge in [-0.05, 0) is 56.4 Å². The highest BCUT2D eigenvalue weighted by molar-refractivity contribution is 5.91. The molecule has 1 aromatic rings. The summed E-state index contributed by atoms with van der Waals surface area (Å²) in [5.41, 5.74) is 2.34. The lowest BCUT2D eigenvalue weighted by atomic mass is 9.99. The zero-order valence-corrected chi connectivity index (χ0v) is 14.7.